The third-order valence-electron chi connectivity index (χ3n) is 3.80. The summed E-state index contributed by atoms with van der Waals surface area (Å²) in [6, 6.07) is 1.97. The van der Waals surface area contributed by atoms with Crippen LogP contribution in [0.15, 0.2) is 0 Å². The highest BCUT2D eigenvalue weighted by atomic mass is 15.3. The van der Waals surface area contributed by atoms with Crippen LogP contribution in [0.4, 0.5) is 0 Å². The second-order valence-corrected chi connectivity index (χ2v) is 5.83. The summed E-state index contributed by atoms with van der Waals surface area (Å²) in [5.41, 5.74) is 0. The minimum Gasteiger partial charge on any atom is -0.313 e. The van der Waals surface area contributed by atoms with Crippen LogP contribution in [0.5, 0.6) is 0 Å². The number of nitrogens with zero attached hydrogens (tertiary/aromatic N) is 2. The minimum absolute atomic E-state index is 0.592. The molecule has 1 aliphatic heterocycles. The van der Waals surface area contributed by atoms with Crippen LogP contribution in [0.3, 0.4) is 0 Å². The van der Waals surface area contributed by atoms with Crippen LogP contribution in [0, 0.1) is 0 Å². The predicted octanol–water partition coefficient (Wildman–Crippen LogP) is 1.79. The molecule has 2 unspecified atom stereocenters. The Labute approximate surface area is 108 Å². The normalized spacial score (nSPS) is 26.1. The maximum absolute atomic E-state index is 3.59. The van der Waals surface area contributed by atoms with Crippen molar-refractivity contribution in [2.45, 2.75) is 58.7 Å². The molecule has 1 heterocycles. The largest absolute Gasteiger partial charge is 0.313 e. The molecule has 2 atom stereocenters. The Kier molecular flexibility index (Phi) is 6.45. The first kappa shape index (κ1) is 14.9. The van der Waals surface area contributed by atoms with Gasteiger partial charge in [0.05, 0.1) is 0 Å². The molecule has 0 radical (unpaired) electrons. The number of nitrogens with one attached hydrogen (secondary N) is 1. The maximum atomic E-state index is 3.59. The Morgan fingerprint density at radius 2 is 2.00 bits per heavy atom. The van der Waals surface area contributed by atoms with Gasteiger partial charge in [0.1, 0.15) is 0 Å². The summed E-state index contributed by atoms with van der Waals surface area (Å²) < 4.78 is 0. The lowest BCUT2D eigenvalue weighted by Gasteiger charge is -2.35. The number of rotatable bonds is 5. The van der Waals surface area contributed by atoms with Crippen LogP contribution in [0.1, 0.15) is 40.5 Å². The Balaban J connectivity index is 2.53. The molecule has 0 amide bonds. The van der Waals surface area contributed by atoms with Gasteiger partial charge in [0, 0.05) is 37.8 Å². The van der Waals surface area contributed by atoms with Crippen molar-refractivity contribution in [3.63, 3.8) is 0 Å². The van der Waals surface area contributed by atoms with Crippen molar-refractivity contribution in [1.29, 1.82) is 0 Å². The molecule has 0 spiro atoms. The lowest BCUT2D eigenvalue weighted by molar-refractivity contribution is 0.135. The van der Waals surface area contributed by atoms with E-state index in [0.29, 0.717) is 18.1 Å². The second kappa shape index (κ2) is 7.34. The van der Waals surface area contributed by atoms with Gasteiger partial charge < -0.3 is 10.2 Å². The van der Waals surface area contributed by atoms with Crippen molar-refractivity contribution in [3.8, 4) is 0 Å². The highest BCUT2D eigenvalue weighted by Gasteiger charge is 2.25. The highest BCUT2D eigenvalue weighted by Crippen LogP contribution is 2.14. The van der Waals surface area contributed by atoms with E-state index in [1.54, 1.807) is 0 Å². The van der Waals surface area contributed by atoms with E-state index in [0.717, 1.165) is 6.54 Å². The SMILES string of the molecule is CCC(CNC(C)C)N1CCCN(C)CC1C. The van der Waals surface area contributed by atoms with E-state index in [-0.39, 0.29) is 0 Å². The first-order valence-electron chi connectivity index (χ1n) is 7.22. The van der Waals surface area contributed by atoms with Crippen molar-refractivity contribution in [2.24, 2.45) is 0 Å². The molecule has 0 aromatic carbocycles. The zero-order valence-corrected chi connectivity index (χ0v) is 12.4. The standard InChI is InChI=1S/C14H31N3/c1-6-14(10-15-12(2)3)17-9-7-8-16(5)11-13(17)4/h12-15H,6-11H2,1-5H3. The Hall–Kier alpha value is -0.120. The van der Waals surface area contributed by atoms with Crippen molar-refractivity contribution < 1.29 is 0 Å². The number of likely N-dealkylation sites (N-methyl/N-ethyl adjacent to an activating group) is 1. The molecule has 3 nitrogen and oxygen atoms in total. The number of hydrogen-bond acceptors (Lipinski definition) is 3. The summed E-state index contributed by atoms with van der Waals surface area (Å²) in [7, 11) is 2.24. The fourth-order valence-corrected chi connectivity index (χ4v) is 2.80. The monoisotopic (exact) mass is 241 g/mol. The lowest BCUT2D eigenvalue weighted by Crippen LogP contribution is -2.49. The van der Waals surface area contributed by atoms with Crippen molar-refractivity contribution in [1.82, 2.24) is 15.1 Å². The van der Waals surface area contributed by atoms with Gasteiger partial charge in [-0.25, -0.2) is 0 Å². The van der Waals surface area contributed by atoms with Gasteiger partial charge in [-0.3, -0.25) is 4.90 Å². The molecule has 0 aromatic rings. The Bertz CT molecular complexity index is 206. The van der Waals surface area contributed by atoms with Gasteiger partial charge in [0.2, 0.25) is 0 Å². The third-order valence-corrected chi connectivity index (χ3v) is 3.80. The van der Waals surface area contributed by atoms with E-state index in [4.69, 9.17) is 0 Å². The van der Waals surface area contributed by atoms with Gasteiger partial charge in [-0.2, -0.15) is 0 Å². The molecule has 3 heteroatoms. The first-order valence-corrected chi connectivity index (χ1v) is 7.22. The van der Waals surface area contributed by atoms with Gasteiger partial charge in [-0.1, -0.05) is 20.8 Å². The highest BCUT2D eigenvalue weighted by molar-refractivity contribution is 4.82. The van der Waals surface area contributed by atoms with E-state index < -0.39 is 0 Å². The average Bonchev–Trinajstić information content (AvgIpc) is 2.41. The lowest BCUT2D eigenvalue weighted by atomic mass is 10.1. The topological polar surface area (TPSA) is 18.5 Å². The molecule has 1 aliphatic rings. The van der Waals surface area contributed by atoms with E-state index in [1.165, 1.54) is 32.5 Å². The molecule has 1 rings (SSSR count). The molecule has 0 saturated carbocycles. The van der Waals surface area contributed by atoms with Crippen molar-refractivity contribution in [2.75, 3.05) is 33.2 Å². The van der Waals surface area contributed by atoms with Crippen LogP contribution in [-0.2, 0) is 0 Å². The molecule has 17 heavy (non-hydrogen) atoms. The predicted molar refractivity (Wildman–Crippen MR) is 75.5 cm³/mol. The van der Waals surface area contributed by atoms with Gasteiger partial charge in [0.15, 0.2) is 0 Å². The smallest absolute Gasteiger partial charge is 0.0221 e. The summed E-state index contributed by atoms with van der Waals surface area (Å²) in [5.74, 6) is 0. The molecule has 0 bridgehead atoms. The van der Waals surface area contributed by atoms with Crippen LogP contribution < -0.4 is 5.32 Å². The summed E-state index contributed by atoms with van der Waals surface area (Å²) in [4.78, 5) is 5.17. The van der Waals surface area contributed by atoms with Crippen LogP contribution in [0.2, 0.25) is 0 Å². The zero-order chi connectivity index (χ0) is 12.8. The first-order chi connectivity index (χ1) is 8.04. The summed E-state index contributed by atoms with van der Waals surface area (Å²) in [6.45, 7) is 14.0. The Morgan fingerprint density at radius 3 is 2.59 bits per heavy atom. The van der Waals surface area contributed by atoms with Gasteiger partial charge in [-0.15, -0.1) is 0 Å². The molecule has 1 N–H and O–H groups in total. The Morgan fingerprint density at radius 1 is 1.29 bits per heavy atom. The van der Waals surface area contributed by atoms with E-state index >= 15 is 0 Å². The van der Waals surface area contributed by atoms with Crippen LogP contribution in [-0.4, -0.2) is 61.2 Å². The fraction of sp³-hybridized carbons (Fsp3) is 1.00. The summed E-state index contributed by atoms with van der Waals surface area (Å²) in [5, 5.41) is 3.59. The van der Waals surface area contributed by atoms with Crippen LogP contribution in [0.25, 0.3) is 0 Å². The van der Waals surface area contributed by atoms with E-state index in [1.807, 2.05) is 0 Å². The van der Waals surface area contributed by atoms with Gasteiger partial charge in [0.25, 0.3) is 0 Å². The quantitative estimate of drug-likeness (QED) is 0.792. The number of hydrogen-bond donors (Lipinski definition) is 1. The second-order valence-electron chi connectivity index (χ2n) is 5.83. The molecular weight excluding hydrogens is 210 g/mol. The molecular formula is C14H31N3. The minimum atomic E-state index is 0.592. The maximum Gasteiger partial charge on any atom is 0.0221 e. The average molecular weight is 241 g/mol. The molecule has 0 aliphatic carbocycles. The molecule has 0 aromatic heterocycles. The van der Waals surface area contributed by atoms with Crippen molar-refractivity contribution in [3.05, 3.63) is 0 Å². The zero-order valence-electron chi connectivity index (χ0n) is 12.4. The van der Waals surface area contributed by atoms with Crippen LogP contribution >= 0.6 is 0 Å². The van der Waals surface area contributed by atoms with Gasteiger partial charge in [-0.05, 0) is 33.4 Å². The summed E-state index contributed by atoms with van der Waals surface area (Å²) >= 11 is 0. The third kappa shape index (κ3) is 4.94. The van der Waals surface area contributed by atoms with Crippen molar-refractivity contribution >= 4 is 0 Å². The van der Waals surface area contributed by atoms with E-state index in [2.05, 4.69) is 49.9 Å². The van der Waals surface area contributed by atoms with E-state index in [9.17, 15) is 0 Å². The van der Waals surface area contributed by atoms with Gasteiger partial charge >= 0.3 is 0 Å². The molecule has 102 valence electrons. The molecule has 1 fully saturated rings. The fourth-order valence-electron chi connectivity index (χ4n) is 2.80. The summed E-state index contributed by atoms with van der Waals surface area (Å²) in [6.07, 6.45) is 2.55. The molecule has 1 saturated heterocycles.